The first-order chi connectivity index (χ1) is 7.35. The zero-order valence-corrected chi connectivity index (χ0v) is 10.9. The molecule has 0 aliphatic carbocycles. The Bertz CT molecular complexity index is 185. The molecule has 0 aromatic carbocycles. The van der Waals surface area contributed by atoms with E-state index < -0.39 is 0 Å². The lowest BCUT2D eigenvalue weighted by Gasteiger charge is -2.43. The Morgan fingerprint density at radius 2 is 2.00 bits per heavy atom. The molecule has 0 aromatic heterocycles. The number of alkyl halides is 1. The smallest absolute Gasteiger partial charge is 0.0729 e. The van der Waals surface area contributed by atoms with Gasteiger partial charge < -0.3 is 9.47 Å². The molecule has 88 valence electrons. The van der Waals surface area contributed by atoms with Gasteiger partial charge >= 0.3 is 0 Å². The van der Waals surface area contributed by atoms with Gasteiger partial charge in [-0.05, 0) is 44.4 Å². The summed E-state index contributed by atoms with van der Waals surface area (Å²) >= 11 is 3.51. The molecule has 2 fully saturated rings. The molecule has 1 spiro atoms. The molecule has 0 saturated carbocycles. The fourth-order valence-electron chi connectivity index (χ4n) is 2.83. The fourth-order valence-corrected chi connectivity index (χ4v) is 3.16. The quantitative estimate of drug-likeness (QED) is 0.738. The van der Waals surface area contributed by atoms with E-state index in [-0.39, 0.29) is 5.60 Å². The molecule has 2 aliphatic heterocycles. The van der Waals surface area contributed by atoms with Gasteiger partial charge in [-0.15, -0.1) is 0 Å². The third kappa shape index (κ3) is 3.18. The van der Waals surface area contributed by atoms with Crippen LogP contribution in [0.1, 0.15) is 38.5 Å². The van der Waals surface area contributed by atoms with Crippen LogP contribution in [-0.4, -0.2) is 30.8 Å². The largest absolute Gasteiger partial charge is 0.381 e. The summed E-state index contributed by atoms with van der Waals surface area (Å²) in [6.45, 7) is 2.75. The molecule has 1 unspecified atom stereocenters. The van der Waals surface area contributed by atoms with Crippen LogP contribution in [-0.2, 0) is 9.47 Å². The molecule has 2 nitrogen and oxygen atoms in total. The summed E-state index contributed by atoms with van der Waals surface area (Å²) in [5.41, 5.74) is 0.188. The van der Waals surface area contributed by atoms with Crippen molar-refractivity contribution in [1.82, 2.24) is 0 Å². The number of rotatable bonds is 3. The molecule has 0 radical (unpaired) electrons. The van der Waals surface area contributed by atoms with Gasteiger partial charge in [0.05, 0.1) is 5.60 Å². The van der Waals surface area contributed by atoms with Gasteiger partial charge in [-0.3, -0.25) is 0 Å². The van der Waals surface area contributed by atoms with Crippen molar-refractivity contribution in [2.45, 2.75) is 44.1 Å². The van der Waals surface area contributed by atoms with Gasteiger partial charge in [-0.1, -0.05) is 15.9 Å². The molecule has 0 amide bonds. The predicted molar refractivity (Wildman–Crippen MR) is 64.5 cm³/mol. The minimum atomic E-state index is 0.188. The van der Waals surface area contributed by atoms with Crippen molar-refractivity contribution in [3.05, 3.63) is 0 Å². The summed E-state index contributed by atoms with van der Waals surface area (Å²) < 4.78 is 11.5. The van der Waals surface area contributed by atoms with Crippen molar-refractivity contribution in [3.8, 4) is 0 Å². The monoisotopic (exact) mass is 276 g/mol. The van der Waals surface area contributed by atoms with Gasteiger partial charge in [0.2, 0.25) is 0 Å². The summed E-state index contributed by atoms with van der Waals surface area (Å²) in [5.74, 6) is 0.884. The molecular formula is C12H21BrO2. The van der Waals surface area contributed by atoms with E-state index in [4.69, 9.17) is 9.47 Å². The molecule has 0 N–H and O–H groups in total. The predicted octanol–water partition coefficient (Wildman–Crippen LogP) is 3.14. The van der Waals surface area contributed by atoms with Gasteiger partial charge in [-0.25, -0.2) is 0 Å². The fraction of sp³-hybridized carbons (Fsp3) is 1.00. The second kappa shape index (κ2) is 5.65. The van der Waals surface area contributed by atoms with Crippen LogP contribution < -0.4 is 0 Å². The number of ether oxygens (including phenoxy) is 2. The summed E-state index contributed by atoms with van der Waals surface area (Å²) in [5, 5.41) is 1.14. The zero-order valence-electron chi connectivity index (χ0n) is 9.34. The molecule has 1 atom stereocenters. The maximum atomic E-state index is 6.02. The minimum Gasteiger partial charge on any atom is -0.381 e. The summed E-state index contributed by atoms with van der Waals surface area (Å²) in [6.07, 6.45) is 7.41. The first kappa shape index (κ1) is 11.9. The molecule has 2 heterocycles. The van der Waals surface area contributed by atoms with E-state index in [2.05, 4.69) is 15.9 Å². The van der Waals surface area contributed by atoms with Crippen molar-refractivity contribution >= 4 is 15.9 Å². The van der Waals surface area contributed by atoms with E-state index in [1.54, 1.807) is 0 Å². The highest BCUT2D eigenvalue weighted by molar-refractivity contribution is 9.09. The van der Waals surface area contributed by atoms with Gasteiger partial charge in [-0.2, -0.15) is 0 Å². The Hall–Kier alpha value is 0.400. The lowest BCUT2D eigenvalue weighted by molar-refractivity contribution is -0.147. The van der Waals surface area contributed by atoms with E-state index in [0.29, 0.717) is 0 Å². The second-order valence-corrected chi connectivity index (χ2v) is 5.63. The number of halogens is 1. The lowest BCUT2D eigenvalue weighted by atomic mass is 9.79. The Balaban J connectivity index is 1.85. The maximum Gasteiger partial charge on any atom is 0.0729 e. The first-order valence-corrected chi connectivity index (χ1v) is 7.24. The molecule has 2 aliphatic rings. The van der Waals surface area contributed by atoms with Crippen molar-refractivity contribution in [3.63, 3.8) is 0 Å². The summed E-state index contributed by atoms with van der Waals surface area (Å²) in [4.78, 5) is 0. The van der Waals surface area contributed by atoms with Crippen LogP contribution >= 0.6 is 15.9 Å². The number of hydrogen-bond acceptors (Lipinski definition) is 2. The van der Waals surface area contributed by atoms with Crippen LogP contribution in [0.4, 0.5) is 0 Å². The van der Waals surface area contributed by atoms with Crippen LogP contribution in [0.5, 0.6) is 0 Å². The zero-order chi connectivity index (χ0) is 10.6. The van der Waals surface area contributed by atoms with Crippen LogP contribution in [0.2, 0.25) is 0 Å². The van der Waals surface area contributed by atoms with Crippen LogP contribution in [0.25, 0.3) is 0 Å². The van der Waals surface area contributed by atoms with Crippen molar-refractivity contribution in [1.29, 1.82) is 0 Å². The van der Waals surface area contributed by atoms with Gasteiger partial charge in [0.1, 0.15) is 0 Å². The van der Waals surface area contributed by atoms with E-state index in [1.165, 1.54) is 25.7 Å². The van der Waals surface area contributed by atoms with E-state index in [9.17, 15) is 0 Å². The first-order valence-electron chi connectivity index (χ1n) is 6.12. The Morgan fingerprint density at radius 1 is 1.20 bits per heavy atom. The lowest BCUT2D eigenvalue weighted by Crippen LogP contribution is -2.44. The van der Waals surface area contributed by atoms with E-state index >= 15 is 0 Å². The maximum absolute atomic E-state index is 6.02. The highest BCUT2D eigenvalue weighted by Gasteiger charge is 2.38. The highest BCUT2D eigenvalue weighted by atomic mass is 79.9. The van der Waals surface area contributed by atoms with Gasteiger partial charge in [0, 0.05) is 25.2 Å². The van der Waals surface area contributed by atoms with Crippen LogP contribution in [0.15, 0.2) is 0 Å². The van der Waals surface area contributed by atoms with Crippen molar-refractivity contribution < 1.29 is 9.47 Å². The topological polar surface area (TPSA) is 18.5 Å². The second-order valence-electron chi connectivity index (χ2n) is 4.83. The Morgan fingerprint density at radius 3 is 2.73 bits per heavy atom. The van der Waals surface area contributed by atoms with E-state index in [0.717, 1.165) is 43.9 Å². The van der Waals surface area contributed by atoms with Crippen molar-refractivity contribution in [2.24, 2.45) is 5.92 Å². The van der Waals surface area contributed by atoms with Crippen LogP contribution in [0.3, 0.4) is 0 Å². The standard InChI is InChI=1S/C12H21BrO2/c13-6-1-2-11-3-7-15-12(10-11)4-8-14-9-5-12/h11H,1-10H2. The average molecular weight is 277 g/mol. The molecule has 0 bridgehead atoms. The summed E-state index contributed by atoms with van der Waals surface area (Å²) in [6, 6.07) is 0. The Kier molecular flexibility index (Phi) is 4.47. The normalized spacial score (nSPS) is 30.6. The summed E-state index contributed by atoms with van der Waals surface area (Å²) in [7, 11) is 0. The third-order valence-corrected chi connectivity index (χ3v) is 4.31. The van der Waals surface area contributed by atoms with Crippen LogP contribution in [0, 0.1) is 5.92 Å². The number of hydrogen-bond donors (Lipinski definition) is 0. The van der Waals surface area contributed by atoms with Gasteiger partial charge in [0.25, 0.3) is 0 Å². The van der Waals surface area contributed by atoms with E-state index in [1.807, 2.05) is 0 Å². The van der Waals surface area contributed by atoms with Crippen molar-refractivity contribution in [2.75, 3.05) is 25.2 Å². The molecule has 2 saturated heterocycles. The highest BCUT2D eigenvalue weighted by Crippen LogP contribution is 2.38. The minimum absolute atomic E-state index is 0.188. The molecule has 15 heavy (non-hydrogen) atoms. The Labute approximate surface area is 101 Å². The average Bonchev–Trinajstić information content (AvgIpc) is 2.28. The molecule has 3 heteroatoms. The molecule has 0 aromatic rings. The third-order valence-electron chi connectivity index (χ3n) is 3.75. The van der Waals surface area contributed by atoms with Gasteiger partial charge in [0.15, 0.2) is 0 Å². The SMILES string of the molecule is BrCCCC1CCOC2(CCOCC2)C1. The molecular weight excluding hydrogens is 256 g/mol. The molecule has 2 rings (SSSR count).